The van der Waals surface area contributed by atoms with E-state index in [1.807, 2.05) is 12.1 Å². The lowest BCUT2D eigenvalue weighted by atomic mass is 10.0. The second-order valence-corrected chi connectivity index (χ2v) is 5.68. The number of methoxy groups -OCH3 is 1. The quantitative estimate of drug-likeness (QED) is 0.371. The minimum Gasteiger partial charge on any atom is -0.497 e. The van der Waals surface area contributed by atoms with Crippen LogP contribution < -0.4 is 4.74 Å². The molecule has 0 radical (unpaired) electrons. The molecular formula is C17H27ClO. The SMILES string of the molecule is CCCCCCCCCC(Cl)c1ccc(OC)cc1. The molecule has 19 heavy (non-hydrogen) atoms. The van der Waals surface area contributed by atoms with Crippen molar-refractivity contribution in [2.24, 2.45) is 0 Å². The number of halogens is 1. The number of hydrogen-bond donors (Lipinski definition) is 0. The van der Waals surface area contributed by atoms with Gasteiger partial charge in [0.15, 0.2) is 0 Å². The second kappa shape index (κ2) is 10.1. The summed E-state index contributed by atoms with van der Waals surface area (Å²) >= 11 is 6.42. The maximum absolute atomic E-state index is 6.42. The van der Waals surface area contributed by atoms with E-state index in [9.17, 15) is 0 Å². The second-order valence-electron chi connectivity index (χ2n) is 5.15. The van der Waals surface area contributed by atoms with Gasteiger partial charge in [0.25, 0.3) is 0 Å². The first-order chi connectivity index (χ1) is 9.27. The lowest BCUT2D eigenvalue weighted by Gasteiger charge is -2.10. The monoisotopic (exact) mass is 282 g/mol. The van der Waals surface area contributed by atoms with Crippen molar-refractivity contribution in [3.63, 3.8) is 0 Å². The Bertz CT molecular complexity index is 321. The molecule has 0 bridgehead atoms. The molecule has 0 aliphatic rings. The van der Waals surface area contributed by atoms with Crippen LogP contribution in [-0.4, -0.2) is 7.11 Å². The van der Waals surface area contributed by atoms with Crippen LogP contribution in [0.15, 0.2) is 24.3 Å². The predicted octanol–water partition coefficient (Wildman–Crippen LogP) is 6.12. The summed E-state index contributed by atoms with van der Waals surface area (Å²) in [6.07, 6.45) is 10.4. The van der Waals surface area contributed by atoms with Gasteiger partial charge >= 0.3 is 0 Å². The molecule has 1 aromatic carbocycles. The van der Waals surface area contributed by atoms with E-state index in [1.54, 1.807) is 7.11 Å². The number of alkyl halides is 1. The fraction of sp³-hybridized carbons (Fsp3) is 0.647. The Morgan fingerprint density at radius 3 is 2.11 bits per heavy atom. The Morgan fingerprint density at radius 2 is 1.53 bits per heavy atom. The van der Waals surface area contributed by atoms with Gasteiger partial charge in [0.05, 0.1) is 12.5 Å². The third kappa shape index (κ3) is 6.87. The molecule has 108 valence electrons. The average Bonchev–Trinajstić information content (AvgIpc) is 2.46. The van der Waals surface area contributed by atoms with Crippen molar-refractivity contribution in [1.29, 1.82) is 0 Å². The molecule has 0 spiro atoms. The molecule has 0 aromatic heterocycles. The van der Waals surface area contributed by atoms with Crippen LogP contribution in [0.4, 0.5) is 0 Å². The normalized spacial score (nSPS) is 12.4. The van der Waals surface area contributed by atoms with E-state index in [0.29, 0.717) is 0 Å². The van der Waals surface area contributed by atoms with Crippen molar-refractivity contribution in [2.75, 3.05) is 7.11 Å². The number of ether oxygens (including phenoxy) is 1. The zero-order chi connectivity index (χ0) is 13.9. The summed E-state index contributed by atoms with van der Waals surface area (Å²) in [5.74, 6) is 0.892. The summed E-state index contributed by atoms with van der Waals surface area (Å²) in [5.41, 5.74) is 1.20. The van der Waals surface area contributed by atoms with Crippen LogP contribution in [0.25, 0.3) is 0 Å². The fourth-order valence-electron chi connectivity index (χ4n) is 2.26. The predicted molar refractivity (Wildman–Crippen MR) is 84.2 cm³/mol. The molecule has 0 aliphatic carbocycles. The van der Waals surface area contributed by atoms with E-state index in [-0.39, 0.29) is 5.38 Å². The molecule has 1 nitrogen and oxygen atoms in total. The highest BCUT2D eigenvalue weighted by atomic mass is 35.5. The van der Waals surface area contributed by atoms with E-state index < -0.39 is 0 Å². The highest BCUT2D eigenvalue weighted by Crippen LogP contribution is 2.28. The Hall–Kier alpha value is -0.690. The smallest absolute Gasteiger partial charge is 0.118 e. The van der Waals surface area contributed by atoms with Crippen LogP contribution in [0, 0.1) is 0 Å². The highest BCUT2D eigenvalue weighted by Gasteiger charge is 2.07. The zero-order valence-corrected chi connectivity index (χ0v) is 13.1. The van der Waals surface area contributed by atoms with Crippen LogP contribution in [0.1, 0.15) is 69.2 Å². The molecule has 2 heteroatoms. The molecule has 0 fully saturated rings. The van der Waals surface area contributed by atoms with E-state index in [2.05, 4.69) is 19.1 Å². The zero-order valence-electron chi connectivity index (χ0n) is 12.3. The van der Waals surface area contributed by atoms with Gasteiger partial charge in [-0.15, -0.1) is 11.6 Å². The number of rotatable bonds is 10. The van der Waals surface area contributed by atoms with Gasteiger partial charge in [-0.3, -0.25) is 0 Å². The Labute approximate surface area is 123 Å². The van der Waals surface area contributed by atoms with Gasteiger partial charge in [0.1, 0.15) is 5.75 Å². The summed E-state index contributed by atoms with van der Waals surface area (Å²) in [5, 5.41) is 0.140. The Balaban J connectivity index is 2.14. The first-order valence-corrected chi connectivity index (χ1v) is 7.99. The highest BCUT2D eigenvalue weighted by molar-refractivity contribution is 6.20. The van der Waals surface area contributed by atoms with E-state index in [4.69, 9.17) is 16.3 Å². The summed E-state index contributed by atoms with van der Waals surface area (Å²) in [7, 11) is 1.69. The molecule has 0 saturated heterocycles. The molecule has 1 unspecified atom stereocenters. The summed E-state index contributed by atoms with van der Waals surface area (Å²) in [6.45, 7) is 2.26. The van der Waals surface area contributed by atoms with Gasteiger partial charge in [-0.2, -0.15) is 0 Å². The van der Waals surface area contributed by atoms with Gasteiger partial charge in [-0.25, -0.2) is 0 Å². The van der Waals surface area contributed by atoms with Crippen LogP contribution in [0.3, 0.4) is 0 Å². The number of unbranched alkanes of at least 4 members (excludes halogenated alkanes) is 6. The first kappa shape index (κ1) is 16.4. The number of hydrogen-bond acceptors (Lipinski definition) is 1. The van der Waals surface area contributed by atoms with Crippen LogP contribution >= 0.6 is 11.6 Å². The molecular weight excluding hydrogens is 256 g/mol. The van der Waals surface area contributed by atoms with Crippen LogP contribution in [-0.2, 0) is 0 Å². The molecule has 0 N–H and O–H groups in total. The minimum absolute atomic E-state index is 0.140. The molecule has 1 aromatic rings. The van der Waals surface area contributed by atoms with Crippen molar-refractivity contribution in [2.45, 2.75) is 63.7 Å². The van der Waals surface area contributed by atoms with E-state index >= 15 is 0 Å². The lowest BCUT2D eigenvalue weighted by molar-refractivity contribution is 0.414. The van der Waals surface area contributed by atoms with Crippen LogP contribution in [0.5, 0.6) is 5.75 Å². The van der Waals surface area contributed by atoms with Gasteiger partial charge in [0, 0.05) is 0 Å². The molecule has 0 aliphatic heterocycles. The van der Waals surface area contributed by atoms with Crippen LogP contribution in [0.2, 0.25) is 0 Å². The van der Waals surface area contributed by atoms with Crippen molar-refractivity contribution in [3.8, 4) is 5.75 Å². The van der Waals surface area contributed by atoms with Crippen molar-refractivity contribution in [3.05, 3.63) is 29.8 Å². The third-order valence-corrected chi connectivity index (χ3v) is 4.01. The van der Waals surface area contributed by atoms with E-state index in [1.165, 1.54) is 50.5 Å². The molecule has 0 heterocycles. The maximum Gasteiger partial charge on any atom is 0.118 e. The van der Waals surface area contributed by atoms with Crippen molar-refractivity contribution in [1.82, 2.24) is 0 Å². The van der Waals surface area contributed by atoms with Gasteiger partial charge < -0.3 is 4.74 Å². The lowest BCUT2D eigenvalue weighted by Crippen LogP contribution is -1.92. The third-order valence-electron chi connectivity index (χ3n) is 3.54. The fourth-order valence-corrected chi connectivity index (χ4v) is 2.56. The Kier molecular flexibility index (Phi) is 8.73. The van der Waals surface area contributed by atoms with Crippen molar-refractivity contribution >= 4 is 11.6 Å². The van der Waals surface area contributed by atoms with Gasteiger partial charge in [-0.05, 0) is 24.1 Å². The summed E-state index contributed by atoms with van der Waals surface area (Å²) in [4.78, 5) is 0. The molecule has 1 rings (SSSR count). The standard InChI is InChI=1S/C17H27ClO/c1-3-4-5-6-7-8-9-10-17(18)15-11-13-16(19-2)14-12-15/h11-14,17H,3-10H2,1-2H3. The summed E-state index contributed by atoms with van der Waals surface area (Å²) < 4.78 is 5.15. The van der Waals surface area contributed by atoms with Crippen molar-refractivity contribution < 1.29 is 4.74 Å². The van der Waals surface area contributed by atoms with Gasteiger partial charge in [0.2, 0.25) is 0 Å². The topological polar surface area (TPSA) is 9.23 Å². The minimum atomic E-state index is 0.140. The number of benzene rings is 1. The van der Waals surface area contributed by atoms with Gasteiger partial charge in [-0.1, -0.05) is 64.0 Å². The molecule has 0 amide bonds. The maximum atomic E-state index is 6.42. The Morgan fingerprint density at radius 1 is 0.947 bits per heavy atom. The van der Waals surface area contributed by atoms with E-state index in [0.717, 1.165) is 12.2 Å². The average molecular weight is 283 g/mol. The molecule has 1 atom stereocenters. The molecule has 0 saturated carbocycles. The first-order valence-electron chi connectivity index (χ1n) is 7.56. The summed E-state index contributed by atoms with van der Waals surface area (Å²) in [6, 6.07) is 8.10. The largest absolute Gasteiger partial charge is 0.497 e.